The highest BCUT2D eigenvalue weighted by atomic mass is 16.4. The number of hydrazine groups is 1. The minimum atomic E-state index is -1.23. The van der Waals surface area contributed by atoms with Crippen LogP contribution in [0.4, 0.5) is 0 Å². The van der Waals surface area contributed by atoms with E-state index >= 15 is 0 Å². The first kappa shape index (κ1) is 26.4. The zero-order valence-electron chi connectivity index (χ0n) is 18.1. The van der Waals surface area contributed by atoms with E-state index in [2.05, 4.69) is 17.8 Å². The van der Waals surface area contributed by atoms with Crippen molar-refractivity contribution in [2.24, 2.45) is 5.92 Å². The van der Waals surface area contributed by atoms with Crippen LogP contribution in [0.2, 0.25) is 0 Å². The Morgan fingerprint density at radius 2 is 1.09 bits per heavy atom. The fourth-order valence-corrected chi connectivity index (χ4v) is 2.74. The second kappa shape index (κ2) is 15.2. The molecule has 0 saturated carbocycles. The number of carbonyl (C=O) groups excluding carboxylic acids is 2. The lowest BCUT2D eigenvalue weighted by Crippen LogP contribution is -2.41. The largest absolute Gasteiger partial charge is 0.481 e. The number of benzene rings is 2. The summed E-state index contributed by atoms with van der Waals surface area (Å²) >= 11 is 0. The average molecular weight is 443 g/mol. The van der Waals surface area contributed by atoms with Crippen LogP contribution in [0.5, 0.6) is 0 Å². The summed E-state index contributed by atoms with van der Waals surface area (Å²) in [5, 5.41) is 17.1. The molecule has 0 radical (unpaired) electrons. The maximum Gasteiger partial charge on any atom is 0.317 e. The maximum absolute atomic E-state index is 11.7. The SMILES string of the molecule is CCCCCCCC(C(=O)O)C(=O)O.O=C(NNC(=O)c1ccccc1)c1ccccc1. The smallest absolute Gasteiger partial charge is 0.317 e. The van der Waals surface area contributed by atoms with Gasteiger partial charge in [0.15, 0.2) is 5.92 Å². The minimum Gasteiger partial charge on any atom is -0.481 e. The number of carboxylic acid groups (broad SMARTS) is 2. The number of nitrogens with one attached hydrogen (secondary N) is 2. The molecule has 0 saturated heterocycles. The van der Waals surface area contributed by atoms with Gasteiger partial charge >= 0.3 is 11.9 Å². The van der Waals surface area contributed by atoms with Gasteiger partial charge in [0.25, 0.3) is 11.8 Å². The van der Waals surface area contributed by atoms with Crippen LogP contribution in [0, 0.1) is 5.92 Å². The van der Waals surface area contributed by atoms with Crippen LogP contribution in [0.1, 0.15) is 66.2 Å². The lowest BCUT2D eigenvalue weighted by atomic mass is 10.0. The van der Waals surface area contributed by atoms with Gasteiger partial charge in [0.2, 0.25) is 0 Å². The van der Waals surface area contributed by atoms with Crippen molar-refractivity contribution in [3.63, 3.8) is 0 Å². The number of carboxylic acids is 2. The minimum absolute atomic E-state index is 0.244. The maximum atomic E-state index is 11.7. The lowest BCUT2D eigenvalue weighted by molar-refractivity contribution is -0.154. The van der Waals surface area contributed by atoms with Gasteiger partial charge in [-0.3, -0.25) is 30.0 Å². The van der Waals surface area contributed by atoms with E-state index in [-0.39, 0.29) is 18.2 Å². The van der Waals surface area contributed by atoms with Crippen molar-refractivity contribution >= 4 is 23.8 Å². The van der Waals surface area contributed by atoms with Gasteiger partial charge in [0.05, 0.1) is 0 Å². The van der Waals surface area contributed by atoms with E-state index in [4.69, 9.17) is 10.2 Å². The van der Waals surface area contributed by atoms with Crippen LogP contribution >= 0.6 is 0 Å². The molecule has 0 fully saturated rings. The van der Waals surface area contributed by atoms with Crippen molar-refractivity contribution in [2.75, 3.05) is 0 Å². The summed E-state index contributed by atoms with van der Waals surface area (Å²) in [6.07, 6.45) is 5.16. The fourth-order valence-electron chi connectivity index (χ4n) is 2.74. The Labute approximate surface area is 187 Å². The molecular weight excluding hydrogens is 412 g/mol. The van der Waals surface area contributed by atoms with Gasteiger partial charge in [-0.2, -0.15) is 0 Å². The first-order valence-electron chi connectivity index (χ1n) is 10.5. The average Bonchev–Trinajstić information content (AvgIpc) is 2.80. The molecule has 2 aromatic rings. The molecule has 4 N–H and O–H groups in total. The van der Waals surface area contributed by atoms with Crippen LogP contribution < -0.4 is 10.9 Å². The zero-order valence-corrected chi connectivity index (χ0v) is 18.1. The van der Waals surface area contributed by atoms with E-state index in [1.54, 1.807) is 48.5 Å². The van der Waals surface area contributed by atoms with Crippen molar-refractivity contribution < 1.29 is 29.4 Å². The summed E-state index contributed by atoms with van der Waals surface area (Å²) in [4.78, 5) is 44.3. The Morgan fingerprint density at radius 3 is 1.47 bits per heavy atom. The van der Waals surface area contributed by atoms with Gasteiger partial charge in [-0.1, -0.05) is 75.4 Å². The molecular formula is C24H30N2O6. The summed E-state index contributed by atoms with van der Waals surface area (Å²) in [5.74, 6) is -4.38. The van der Waals surface area contributed by atoms with Crippen LogP contribution in [0.25, 0.3) is 0 Å². The third kappa shape index (κ3) is 10.4. The molecule has 0 heterocycles. The van der Waals surface area contributed by atoms with Crippen molar-refractivity contribution in [3.05, 3.63) is 71.8 Å². The topological polar surface area (TPSA) is 133 Å². The number of aliphatic carboxylic acids is 2. The molecule has 2 aromatic carbocycles. The van der Waals surface area contributed by atoms with Crippen molar-refractivity contribution in [3.8, 4) is 0 Å². The van der Waals surface area contributed by atoms with E-state index in [1.807, 2.05) is 12.1 Å². The molecule has 0 spiro atoms. The molecule has 32 heavy (non-hydrogen) atoms. The summed E-state index contributed by atoms with van der Waals surface area (Å²) in [6.45, 7) is 2.09. The predicted molar refractivity (Wildman–Crippen MR) is 120 cm³/mol. The Hall–Kier alpha value is -3.68. The first-order chi connectivity index (χ1) is 15.4. The van der Waals surface area contributed by atoms with Gasteiger partial charge < -0.3 is 10.2 Å². The molecule has 0 aromatic heterocycles. The van der Waals surface area contributed by atoms with E-state index in [9.17, 15) is 19.2 Å². The van der Waals surface area contributed by atoms with Crippen molar-refractivity contribution in [1.82, 2.24) is 10.9 Å². The second-order valence-corrected chi connectivity index (χ2v) is 7.07. The summed E-state index contributed by atoms with van der Waals surface area (Å²) in [6, 6.07) is 17.4. The zero-order chi connectivity index (χ0) is 23.8. The molecule has 172 valence electrons. The number of amides is 2. The Bertz CT molecular complexity index is 790. The predicted octanol–water partition coefficient (Wildman–Crippen LogP) is 3.89. The van der Waals surface area contributed by atoms with Gasteiger partial charge in [-0.05, 0) is 30.7 Å². The first-order valence-corrected chi connectivity index (χ1v) is 10.5. The Morgan fingerprint density at radius 1 is 0.688 bits per heavy atom. The normalized spacial score (nSPS) is 9.94. The van der Waals surface area contributed by atoms with Crippen LogP contribution in [0.15, 0.2) is 60.7 Å². The van der Waals surface area contributed by atoms with Crippen LogP contribution in [0.3, 0.4) is 0 Å². The Kier molecular flexibility index (Phi) is 12.5. The third-order valence-corrected chi connectivity index (χ3v) is 4.55. The summed E-state index contributed by atoms with van der Waals surface area (Å²) in [7, 11) is 0. The lowest BCUT2D eigenvalue weighted by Gasteiger charge is -2.07. The highest BCUT2D eigenvalue weighted by Crippen LogP contribution is 2.12. The highest BCUT2D eigenvalue weighted by molar-refractivity contribution is 5.99. The molecule has 8 nitrogen and oxygen atoms in total. The number of rotatable bonds is 10. The summed E-state index contributed by atoms with van der Waals surface area (Å²) in [5.41, 5.74) is 5.70. The third-order valence-electron chi connectivity index (χ3n) is 4.55. The molecule has 0 aliphatic heterocycles. The molecule has 2 amide bonds. The molecule has 0 atom stereocenters. The molecule has 0 aliphatic carbocycles. The molecule has 0 unspecified atom stereocenters. The second-order valence-electron chi connectivity index (χ2n) is 7.07. The van der Waals surface area contributed by atoms with E-state index in [0.717, 1.165) is 25.7 Å². The van der Waals surface area contributed by atoms with Gasteiger partial charge in [-0.15, -0.1) is 0 Å². The van der Waals surface area contributed by atoms with E-state index in [1.165, 1.54) is 0 Å². The number of hydrogen-bond acceptors (Lipinski definition) is 4. The Balaban J connectivity index is 0.000000333. The molecule has 0 bridgehead atoms. The van der Waals surface area contributed by atoms with E-state index in [0.29, 0.717) is 17.5 Å². The molecule has 8 heteroatoms. The standard InChI is InChI=1S/C14H12N2O2.C10H18O4/c17-13(11-7-3-1-4-8-11)15-16-14(18)12-9-5-2-6-10-12;1-2-3-4-5-6-7-8(9(11)12)10(13)14/h1-10H,(H,15,17)(H,16,18);8H,2-7H2,1H3,(H,11,12)(H,13,14). The molecule has 0 aliphatic rings. The number of hydrogen-bond donors (Lipinski definition) is 4. The monoisotopic (exact) mass is 442 g/mol. The molecule has 2 rings (SSSR count). The van der Waals surface area contributed by atoms with Crippen molar-refractivity contribution in [1.29, 1.82) is 0 Å². The highest BCUT2D eigenvalue weighted by Gasteiger charge is 2.24. The van der Waals surface area contributed by atoms with Gasteiger partial charge in [0, 0.05) is 11.1 Å². The van der Waals surface area contributed by atoms with Gasteiger partial charge in [0.1, 0.15) is 0 Å². The van der Waals surface area contributed by atoms with Crippen LogP contribution in [-0.4, -0.2) is 34.0 Å². The van der Waals surface area contributed by atoms with E-state index < -0.39 is 17.9 Å². The van der Waals surface area contributed by atoms with Gasteiger partial charge in [-0.25, -0.2) is 0 Å². The fraction of sp³-hybridized carbons (Fsp3) is 0.333. The van der Waals surface area contributed by atoms with Crippen LogP contribution in [-0.2, 0) is 9.59 Å². The number of carbonyl (C=O) groups is 4. The number of unbranched alkanes of at least 4 members (excludes halogenated alkanes) is 4. The van der Waals surface area contributed by atoms with Crippen molar-refractivity contribution in [2.45, 2.75) is 45.4 Å². The quantitative estimate of drug-likeness (QED) is 0.251. The summed E-state index contributed by atoms with van der Waals surface area (Å²) < 4.78 is 0.